The lowest BCUT2D eigenvalue weighted by atomic mass is 10.0. The first-order chi connectivity index (χ1) is 22.1. The van der Waals surface area contributed by atoms with E-state index in [1.54, 1.807) is 73.7 Å². The van der Waals surface area contributed by atoms with Crippen molar-refractivity contribution in [2.24, 2.45) is 0 Å². The van der Waals surface area contributed by atoms with E-state index in [2.05, 4.69) is 42.9 Å². The zero-order valence-corrected chi connectivity index (χ0v) is 25.5. The monoisotopic (exact) mass is 638 g/mol. The molecule has 3 amide bonds. The molecule has 2 heterocycles. The third-order valence-corrected chi connectivity index (χ3v) is 8.18. The highest BCUT2D eigenvalue weighted by Crippen LogP contribution is 2.26. The summed E-state index contributed by atoms with van der Waals surface area (Å²) < 4.78 is 36.4. The molecule has 5 rings (SSSR count). The van der Waals surface area contributed by atoms with Gasteiger partial charge in [0.2, 0.25) is 23.5 Å². The minimum atomic E-state index is -5.23. The van der Waals surface area contributed by atoms with E-state index in [4.69, 9.17) is 0 Å². The second kappa shape index (κ2) is 14.1. The van der Waals surface area contributed by atoms with Crippen molar-refractivity contribution >= 4 is 33.5 Å². The number of nitrogens with one attached hydrogen (secondary N) is 2. The Hall–Kier alpha value is -5.52. The number of carbonyl (C=O) groups is 3. The van der Waals surface area contributed by atoms with Gasteiger partial charge in [0.1, 0.15) is 15.4 Å². The molecule has 234 valence electrons. The van der Waals surface area contributed by atoms with Gasteiger partial charge in [0.15, 0.2) is 5.82 Å². The lowest BCUT2D eigenvalue weighted by molar-refractivity contribution is -0.125. The van der Waals surface area contributed by atoms with Crippen LogP contribution in [0.15, 0.2) is 72.8 Å². The van der Waals surface area contributed by atoms with Crippen LogP contribution in [0.4, 0.5) is 5.69 Å². The molecule has 1 unspecified atom stereocenters. The maximum atomic E-state index is 13.5. The number of aromatic nitrogens is 4. The molecule has 1 aliphatic rings. The molecule has 14 heteroatoms. The molecule has 1 atom stereocenters. The van der Waals surface area contributed by atoms with Crippen LogP contribution in [-0.4, -0.2) is 62.9 Å². The third-order valence-electron chi connectivity index (χ3n) is 7.11. The number of hydrogen-bond donors (Lipinski definition) is 2. The molecule has 13 nitrogen and oxygen atoms in total. The number of fused-ring (bicyclic) bond motifs is 2. The molecule has 0 fully saturated rings. The molecule has 0 radical (unpaired) electrons. The Morgan fingerprint density at radius 2 is 1.54 bits per heavy atom. The number of anilines is 1. The van der Waals surface area contributed by atoms with E-state index in [-0.39, 0.29) is 26.1 Å². The molecule has 0 saturated carbocycles. The summed E-state index contributed by atoms with van der Waals surface area (Å²) in [6.07, 6.45) is -1.07. The SMILES string of the molecule is Cc1nnc(-c2ccc(CNC(=O)CCNC(=O)C(CC(=O)N3Cc4ccccc4C#Cc4ccccc43)S(=O)(=O)[O-])cc2)nn1. The average Bonchev–Trinajstić information content (AvgIpc) is 3.03. The van der Waals surface area contributed by atoms with Crippen molar-refractivity contribution in [3.05, 3.63) is 101 Å². The molecule has 4 aromatic rings. The van der Waals surface area contributed by atoms with Gasteiger partial charge in [0.25, 0.3) is 0 Å². The van der Waals surface area contributed by atoms with Crippen LogP contribution in [0.2, 0.25) is 0 Å². The molecule has 1 aromatic heterocycles. The van der Waals surface area contributed by atoms with Gasteiger partial charge in [-0.05, 0) is 36.2 Å². The summed E-state index contributed by atoms with van der Waals surface area (Å²) in [4.78, 5) is 40.1. The summed E-state index contributed by atoms with van der Waals surface area (Å²) in [7, 11) is -5.23. The summed E-state index contributed by atoms with van der Waals surface area (Å²) in [5.41, 5.74) is 3.87. The van der Waals surface area contributed by atoms with Crippen LogP contribution in [0.1, 0.15) is 40.9 Å². The smallest absolute Gasteiger partial charge is 0.237 e. The number of aryl methyl sites for hydroxylation is 1. The topological polar surface area (TPSA) is 187 Å². The van der Waals surface area contributed by atoms with Gasteiger partial charge < -0.3 is 20.1 Å². The number of para-hydroxylation sites is 1. The summed E-state index contributed by atoms with van der Waals surface area (Å²) in [5, 5.41) is 18.5. The van der Waals surface area contributed by atoms with E-state index < -0.39 is 39.5 Å². The van der Waals surface area contributed by atoms with E-state index >= 15 is 0 Å². The second-order valence-corrected chi connectivity index (χ2v) is 11.9. The van der Waals surface area contributed by atoms with Crippen molar-refractivity contribution in [3.63, 3.8) is 0 Å². The molecular formula is C32H28N7O6S-. The van der Waals surface area contributed by atoms with Crippen molar-refractivity contribution < 1.29 is 27.4 Å². The number of hydrogen-bond acceptors (Lipinski definition) is 10. The first-order valence-electron chi connectivity index (χ1n) is 14.2. The Kier molecular flexibility index (Phi) is 9.75. The third kappa shape index (κ3) is 7.95. The number of benzene rings is 3. The number of nitrogens with zero attached hydrogens (tertiary/aromatic N) is 5. The molecule has 2 N–H and O–H groups in total. The Bertz CT molecular complexity index is 1940. The van der Waals surface area contributed by atoms with Crippen LogP contribution >= 0.6 is 0 Å². The first kappa shape index (κ1) is 31.9. The predicted octanol–water partition coefficient (Wildman–Crippen LogP) is 1.62. The highest BCUT2D eigenvalue weighted by atomic mass is 32.2. The van der Waals surface area contributed by atoms with E-state index in [0.29, 0.717) is 34.0 Å². The lowest BCUT2D eigenvalue weighted by Gasteiger charge is -2.28. The molecule has 0 spiro atoms. The van der Waals surface area contributed by atoms with Crippen molar-refractivity contribution in [1.29, 1.82) is 0 Å². The van der Waals surface area contributed by atoms with E-state index in [9.17, 15) is 27.4 Å². The highest BCUT2D eigenvalue weighted by Gasteiger charge is 2.32. The van der Waals surface area contributed by atoms with Crippen LogP contribution in [0, 0.1) is 18.8 Å². The van der Waals surface area contributed by atoms with Crippen LogP contribution in [-0.2, 0) is 37.6 Å². The van der Waals surface area contributed by atoms with Gasteiger partial charge in [-0.15, -0.1) is 20.4 Å². The zero-order chi connectivity index (χ0) is 32.7. The quantitative estimate of drug-likeness (QED) is 0.191. The van der Waals surface area contributed by atoms with Gasteiger partial charge in [0, 0.05) is 36.2 Å². The van der Waals surface area contributed by atoms with Gasteiger partial charge in [-0.2, -0.15) is 0 Å². The minimum absolute atomic E-state index is 0.0605. The first-order valence-corrected chi connectivity index (χ1v) is 15.7. The molecule has 3 aromatic carbocycles. The van der Waals surface area contributed by atoms with Crippen LogP contribution in [0.5, 0.6) is 0 Å². The summed E-state index contributed by atoms with van der Waals surface area (Å²) in [5.74, 6) is 4.61. The van der Waals surface area contributed by atoms with Crippen molar-refractivity contribution in [2.75, 3.05) is 11.4 Å². The fourth-order valence-corrected chi connectivity index (χ4v) is 5.36. The zero-order valence-electron chi connectivity index (χ0n) is 24.6. The van der Waals surface area contributed by atoms with Gasteiger partial charge >= 0.3 is 0 Å². The molecule has 0 saturated heterocycles. The molecule has 46 heavy (non-hydrogen) atoms. The Morgan fingerprint density at radius 3 is 2.26 bits per heavy atom. The Morgan fingerprint density at radius 1 is 0.891 bits per heavy atom. The maximum absolute atomic E-state index is 13.5. The fraction of sp³-hybridized carbons (Fsp3) is 0.219. The second-order valence-electron chi connectivity index (χ2n) is 10.4. The molecule has 0 bridgehead atoms. The lowest BCUT2D eigenvalue weighted by Crippen LogP contribution is -2.45. The predicted molar refractivity (Wildman–Crippen MR) is 165 cm³/mol. The van der Waals surface area contributed by atoms with E-state index in [1.165, 1.54) is 4.90 Å². The average molecular weight is 639 g/mol. The fourth-order valence-electron chi connectivity index (χ4n) is 4.67. The summed E-state index contributed by atoms with van der Waals surface area (Å²) in [6, 6.07) is 21.1. The molecule has 1 aliphatic heterocycles. The Balaban J connectivity index is 1.17. The minimum Gasteiger partial charge on any atom is -0.747 e. The molecule has 0 aliphatic carbocycles. The number of rotatable bonds is 10. The van der Waals surface area contributed by atoms with Crippen LogP contribution < -0.4 is 15.5 Å². The van der Waals surface area contributed by atoms with Crippen LogP contribution in [0.25, 0.3) is 11.4 Å². The van der Waals surface area contributed by atoms with Gasteiger partial charge in [-0.25, -0.2) is 8.42 Å². The van der Waals surface area contributed by atoms with Crippen molar-refractivity contribution in [1.82, 2.24) is 31.0 Å². The van der Waals surface area contributed by atoms with Gasteiger partial charge in [-0.1, -0.05) is 66.4 Å². The Labute approximate surface area is 265 Å². The van der Waals surface area contributed by atoms with E-state index in [1.807, 2.05) is 6.07 Å². The van der Waals surface area contributed by atoms with Crippen LogP contribution in [0.3, 0.4) is 0 Å². The normalized spacial score (nSPS) is 12.7. The van der Waals surface area contributed by atoms with Gasteiger partial charge in [-0.3, -0.25) is 14.4 Å². The number of carbonyl (C=O) groups excluding carboxylic acids is 3. The van der Waals surface area contributed by atoms with Crippen molar-refractivity contribution in [2.45, 2.75) is 38.1 Å². The number of amides is 3. The van der Waals surface area contributed by atoms with Gasteiger partial charge in [0.05, 0.1) is 18.7 Å². The largest absolute Gasteiger partial charge is 0.747 e. The summed E-state index contributed by atoms with van der Waals surface area (Å²) >= 11 is 0. The maximum Gasteiger partial charge on any atom is 0.237 e. The summed E-state index contributed by atoms with van der Waals surface area (Å²) in [6.45, 7) is 1.68. The van der Waals surface area contributed by atoms with E-state index in [0.717, 1.165) is 11.1 Å². The molecular weight excluding hydrogens is 610 g/mol. The highest BCUT2D eigenvalue weighted by molar-refractivity contribution is 7.87. The van der Waals surface area contributed by atoms with Crippen molar-refractivity contribution in [3.8, 4) is 23.2 Å². The standard InChI is InChI=1S/C32H29N7O6S/c1-21-35-37-31(38-36-21)25-12-10-22(11-13-25)19-34-29(40)16-17-33-32(42)28(46(43,44)45)18-30(41)39-20-26-8-3-2-6-23(26)14-15-24-7-4-5-9-27(24)39/h2-13,28H,16-20H2,1H3,(H,33,42)(H,34,40)(H,43,44,45)/p-1.